The van der Waals surface area contributed by atoms with E-state index in [-0.39, 0.29) is 12.8 Å². The van der Waals surface area contributed by atoms with Crippen molar-refractivity contribution in [1.29, 1.82) is 0 Å². The molecule has 0 spiro atoms. The lowest BCUT2D eigenvalue weighted by Crippen LogP contribution is -2.38. The first kappa shape index (κ1) is 16.1. The van der Waals surface area contributed by atoms with Crippen LogP contribution in [0.25, 0.3) is 0 Å². The smallest absolute Gasteiger partial charge is 0.303 e. The second kappa shape index (κ2) is 9.13. The van der Waals surface area contributed by atoms with Gasteiger partial charge in [-0.05, 0) is 12.8 Å². The summed E-state index contributed by atoms with van der Waals surface area (Å²) >= 11 is 0. The van der Waals surface area contributed by atoms with E-state index in [1.165, 1.54) is 0 Å². The van der Waals surface area contributed by atoms with E-state index in [9.17, 15) is 14.7 Å². The fraction of sp³-hybridized carbons (Fsp3) is 0.833. The molecule has 5 heteroatoms. The highest BCUT2D eigenvalue weighted by Crippen LogP contribution is 2.08. The number of Topliss-reactive ketones (excluding diaryl/α,β-unsaturated/α-hetero) is 1. The number of rotatable bonds is 10. The Balaban J connectivity index is 3.82. The van der Waals surface area contributed by atoms with Gasteiger partial charge in [0.15, 0.2) is 5.78 Å². The van der Waals surface area contributed by atoms with Crippen molar-refractivity contribution in [1.82, 2.24) is 0 Å². The van der Waals surface area contributed by atoms with E-state index in [0.29, 0.717) is 6.42 Å². The highest BCUT2D eigenvalue weighted by atomic mass is 16.4. The Kier molecular flexibility index (Phi) is 8.62. The molecule has 17 heavy (non-hydrogen) atoms. The molecule has 0 aliphatic rings. The van der Waals surface area contributed by atoms with Crippen molar-refractivity contribution in [2.45, 2.75) is 64.0 Å². The van der Waals surface area contributed by atoms with Gasteiger partial charge in [-0.25, -0.2) is 0 Å². The van der Waals surface area contributed by atoms with E-state index in [1.54, 1.807) is 0 Å². The number of carbonyl (C=O) groups is 2. The fourth-order valence-corrected chi connectivity index (χ4v) is 1.58. The van der Waals surface area contributed by atoms with Gasteiger partial charge in [0.25, 0.3) is 0 Å². The summed E-state index contributed by atoms with van der Waals surface area (Å²) in [5.74, 6) is -1.42. The van der Waals surface area contributed by atoms with Gasteiger partial charge in [-0.1, -0.05) is 32.6 Å². The lowest BCUT2D eigenvalue weighted by Gasteiger charge is -2.14. The predicted octanol–water partition coefficient (Wildman–Crippen LogP) is 1.08. The lowest BCUT2D eigenvalue weighted by molar-refractivity contribution is -0.137. The second-order valence-corrected chi connectivity index (χ2v) is 4.31. The maximum absolute atomic E-state index is 11.6. The molecule has 0 rings (SSSR count). The first-order valence-electron chi connectivity index (χ1n) is 6.18. The van der Waals surface area contributed by atoms with Crippen LogP contribution in [0, 0.1) is 0 Å². The highest BCUT2D eigenvalue weighted by molar-refractivity contribution is 5.88. The molecule has 0 amide bonds. The van der Waals surface area contributed by atoms with E-state index in [2.05, 4.69) is 6.92 Å². The first-order valence-corrected chi connectivity index (χ1v) is 6.18. The summed E-state index contributed by atoms with van der Waals surface area (Å²) < 4.78 is 0. The molecular weight excluding hydrogens is 222 g/mol. The molecule has 100 valence electrons. The van der Waals surface area contributed by atoms with Gasteiger partial charge in [-0.15, -0.1) is 0 Å². The van der Waals surface area contributed by atoms with Crippen LogP contribution in [-0.4, -0.2) is 34.1 Å². The summed E-state index contributed by atoms with van der Waals surface area (Å²) in [6.45, 7) is 2.09. The average Bonchev–Trinajstić information content (AvgIpc) is 2.30. The van der Waals surface area contributed by atoms with Gasteiger partial charge in [-0.2, -0.15) is 0 Å². The van der Waals surface area contributed by atoms with Gasteiger partial charge in [-0.3, -0.25) is 9.59 Å². The first-order chi connectivity index (χ1) is 7.99. The van der Waals surface area contributed by atoms with Gasteiger partial charge in [0.05, 0.1) is 6.04 Å². The van der Waals surface area contributed by atoms with Crippen molar-refractivity contribution in [2.75, 3.05) is 0 Å². The maximum Gasteiger partial charge on any atom is 0.303 e. The summed E-state index contributed by atoms with van der Waals surface area (Å²) in [4.78, 5) is 21.9. The molecule has 0 fully saturated rings. The van der Waals surface area contributed by atoms with Crippen LogP contribution >= 0.6 is 0 Å². The Hall–Kier alpha value is -0.940. The number of carboxylic acids is 1. The van der Waals surface area contributed by atoms with Gasteiger partial charge >= 0.3 is 5.97 Å². The molecule has 0 saturated carbocycles. The van der Waals surface area contributed by atoms with Gasteiger partial charge in [0, 0.05) is 6.42 Å². The summed E-state index contributed by atoms with van der Waals surface area (Å²) in [5, 5.41) is 18.0. The van der Waals surface area contributed by atoms with E-state index in [0.717, 1.165) is 25.7 Å². The van der Waals surface area contributed by atoms with Gasteiger partial charge in [0.1, 0.15) is 6.10 Å². The quantitative estimate of drug-likeness (QED) is 0.500. The van der Waals surface area contributed by atoms with Crippen LogP contribution in [-0.2, 0) is 9.59 Å². The van der Waals surface area contributed by atoms with Crippen LogP contribution < -0.4 is 5.73 Å². The zero-order valence-electron chi connectivity index (χ0n) is 10.4. The van der Waals surface area contributed by atoms with Gasteiger partial charge in [0.2, 0.25) is 0 Å². The Morgan fingerprint density at radius 1 is 1.18 bits per heavy atom. The van der Waals surface area contributed by atoms with Crippen LogP contribution in [0.4, 0.5) is 0 Å². The van der Waals surface area contributed by atoms with Crippen molar-refractivity contribution in [2.24, 2.45) is 5.73 Å². The molecule has 0 aromatic rings. The number of nitrogens with two attached hydrogens (primary N) is 1. The molecule has 2 atom stereocenters. The Labute approximate surface area is 102 Å². The molecule has 0 bridgehead atoms. The largest absolute Gasteiger partial charge is 0.481 e. The Bertz CT molecular complexity index is 243. The standard InChI is InChI=1S/C12H23NO4/c1-2-3-4-5-6-10(14)12(17)9(13)7-8-11(15)16/h9-10,14H,2-8,13H2,1H3,(H,15,16)/t9-,10?/m0/s1. The minimum atomic E-state index is -1.05. The molecule has 0 aromatic heterocycles. The maximum atomic E-state index is 11.6. The Morgan fingerprint density at radius 2 is 1.82 bits per heavy atom. The average molecular weight is 245 g/mol. The monoisotopic (exact) mass is 245 g/mol. The minimum Gasteiger partial charge on any atom is -0.481 e. The fourth-order valence-electron chi connectivity index (χ4n) is 1.58. The number of ketones is 1. The molecule has 0 heterocycles. The SMILES string of the molecule is CCCCCCC(O)C(=O)[C@@H](N)CCC(=O)O. The number of hydrogen-bond donors (Lipinski definition) is 3. The summed E-state index contributed by atoms with van der Waals surface area (Å²) in [6.07, 6.45) is 3.29. The molecule has 0 aliphatic carbocycles. The van der Waals surface area contributed by atoms with Crippen LogP contribution in [0.2, 0.25) is 0 Å². The van der Waals surface area contributed by atoms with Crippen molar-refractivity contribution >= 4 is 11.8 Å². The second-order valence-electron chi connectivity index (χ2n) is 4.31. The number of aliphatic hydroxyl groups excluding tert-OH is 1. The third kappa shape index (κ3) is 7.88. The molecule has 0 radical (unpaired) electrons. The molecule has 0 aliphatic heterocycles. The van der Waals surface area contributed by atoms with Crippen molar-refractivity contribution in [3.05, 3.63) is 0 Å². The van der Waals surface area contributed by atoms with Crippen molar-refractivity contribution in [3.63, 3.8) is 0 Å². The molecule has 1 unspecified atom stereocenters. The lowest BCUT2D eigenvalue weighted by atomic mass is 9.99. The number of unbranched alkanes of at least 4 members (excludes halogenated alkanes) is 3. The molecular formula is C12H23NO4. The summed E-state index contributed by atoms with van der Waals surface area (Å²) in [5.41, 5.74) is 5.52. The van der Waals surface area contributed by atoms with Crippen LogP contribution in [0.15, 0.2) is 0 Å². The van der Waals surface area contributed by atoms with Crippen LogP contribution in [0.1, 0.15) is 51.9 Å². The van der Waals surface area contributed by atoms with Gasteiger partial charge < -0.3 is 15.9 Å². The number of hydrogen-bond acceptors (Lipinski definition) is 4. The molecule has 5 nitrogen and oxygen atoms in total. The summed E-state index contributed by atoms with van der Waals surface area (Å²) in [6, 6.07) is -0.868. The number of carboxylic acid groups (broad SMARTS) is 1. The van der Waals surface area contributed by atoms with Crippen LogP contribution in [0.5, 0.6) is 0 Å². The zero-order valence-corrected chi connectivity index (χ0v) is 10.4. The minimum absolute atomic E-state index is 0.0835. The molecule has 4 N–H and O–H groups in total. The van der Waals surface area contributed by atoms with E-state index >= 15 is 0 Å². The number of aliphatic carboxylic acids is 1. The third-order valence-electron chi connectivity index (χ3n) is 2.69. The highest BCUT2D eigenvalue weighted by Gasteiger charge is 2.22. The number of aliphatic hydroxyl groups is 1. The summed E-state index contributed by atoms with van der Waals surface area (Å²) in [7, 11) is 0. The van der Waals surface area contributed by atoms with E-state index in [4.69, 9.17) is 10.8 Å². The molecule has 0 saturated heterocycles. The molecule has 0 aromatic carbocycles. The van der Waals surface area contributed by atoms with E-state index < -0.39 is 23.9 Å². The Morgan fingerprint density at radius 3 is 2.35 bits per heavy atom. The topological polar surface area (TPSA) is 101 Å². The number of carbonyl (C=O) groups excluding carboxylic acids is 1. The van der Waals surface area contributed by atoms with Crippen molar-refractivity contribution in [3.8, 4) is 0 Å². The van der Waals surface area contributed by atoms with Crippen LogP contribution in [0.3, 0.4) is 0 Å². The van der Waals surface area contributed by atoms with Crippen molar-refractivity contribution < 1.29 is 19.8 Å². The normalized spacial score (nSPS) is 14.3. The predicted molar refractivity (Wildman–Crippen MR) is 64.6 cm³/mol. The van der Waals surface area contributed by atoms with E-state index in [1.807, 2.05) is 0 Å². The third-order valence-corrected chi connectivity index (χ3v) is 2.69. The zero-order chi connectivity index (χ0) is 13.3.